The number of alkyl carbamates (subject to hydrolysis) is 1. The number of guanidine groups is 1. The van der Waals surface area contributed by atoms with E-state index in [9.17, 15) is 4.79 Å². The molecule has 0 aromatic heterocycles. The summed E-state index contributed by atoms with van der Waals surface area (Å²) in [4.78, 5) is 15.7. The first-order valence-corrected chi connectivity index (χ1v) is 8.58. The van der Waals surface area contributed by atoms with Crippen molar-refractivity contribution in [3.63, 3.8) is 0 Å². The van der Waals surface area contributed by atoms with Crippen molar-refractivity contribution in [1.29, 1.82) is 0 Å². The van der Waals surface area contributed by atoms with Gasteiger partial charge in [0.25, 0.3) is 0 Å². The summed E-state index contributed by atoms with van der Waals surface area (Å²) in [7, 11) is 1.75. The molecule has 7 nitrogen and oxygen atoms in total. The summed E-state index contributed by atoms with van der Waals surface area (Å²) in [6, 6.07) is 0. The molecule has 0 spiro atoms. The SMILES string of the molecule is CN=C(NCCCNC(=O)OC(C)(C)C)NCCC1=CCOCC1.I. The summed E-state index contributed by atoms with van der Waals surface area (Å²) in [6.45, 7) is 9.23. The maximum absolute atomic E-state index is 11.5. The summed E-state index contributed by atoms with van der Waals surface area (Å²) in [6.07, 6.45) is 4.59. The van der Waals surface area contributed by atoms with Crippen molar-refractivity contribution in [3.8, 4) is 0 Å². The molecule has 0 aromatic carbocycles. The van der Waals surface area contributed by atoms with E-state index in [2.05, 4.69) is 27.0 Å². The van der Waals surface area contributed by atoms with E-state index in [-0.39, 0.29) is 30.1 Å². The first-order chi connectivity index (χ1) is 11.4. The number of hydrogen-bond acceptors (Lipinski definition) is 4. The predicted octanol–water partition coefficient (Wildman–Crippen LogP) is 2.42. The monoisotopic (exact) mass is 468 g/mol. The van der Waals surface area contributed by atoms with Gasteiger partial charge in [-0.05, 0) is 40.0 Å². The summed E-state index contributed by atoms with van der Waals surface area (Å²) < 4.78 is 10.5. The molecule has 1 aliphatic heterocycles. The van der Waals surface area contributed by atoms with E-state index in [1.165, 1.54) is 5.57 Å². The van der Waals surface area contributed by atoms with Crippen LogP contribution in [0, 0.1) is 0 Å². The van der Waals surface area contributed by atoms with Gasteiger partial charge in [0, 0.05) is 26.7 Å². The van der Waals surface area contributed by atoms with Gasteiger partial charge in [0.15, 0.2) is 5.96 Å². The average Bonchev–Trinajstić information content (AvgIpc) is 2.52. The van der Waals surface area contributed by atoms with Crippen molar-refractivity contribution in [1.82, 2.24) is 16.0 Å². The third-order valence-corrected chi connectivity index (χ3v) is 3.33. The van der Waals surface area contributed by atoms with Crippen molar-refractivity contribution in [3.05, 3.63) is 11.6 Å². The Kier molecular flexibility index (Phi) is 12.7. The quantitative estimate of drug-likeness (QED) is 0.176. The third-order valence-electron chi connectivity index (χ3n) is 3.33. The lowest BCUT2D eigenvalue weighted by Crippen LogP contribution is -2.39. The minimum Gasteiger partial charge on any atom is -0.444 e. The highest BCUT2D eigenvalue weighted by Gasteiger charge is 2.15. The molecule has 0 fully saturated rings. The van der Waals surface area contributed by atoms with Crippen molar-refractivity contribution < 1.29 is 14.3 Å². The molecule has 0 radical (unpaired) electrons. The Morgan fingerprint density at radius 3 is 2.52 bits per heavy atom. The summed E-state index contributed by atoms with van der Waals surface area (Å²) in [5.41, 5.74) is 0.972. The highest BCUT2D eigenvalue weighted by Crippen LogP contribution is 2.10. The van der Waals surface area contributed by atoms with Crippen molar-refractivity contribution in [2.75, 3.05) is 39.9 Å². The summed E-state index contributed by atoms with van der Waals surface area (Å²) in [5.74, 6) is 0.778. The fourth-order valence-corrected chi connectivity index (χ4v) is 2.15. The van der Waals surface area contributed by atoms with Crippen LogP contribution in [0.25, 0.3) is 0 Å². The van der Waals surface area contributed by atoms with Gasteiger partial charge < -0.3 is 25.4 Å². The molecule has 1 heterocycles. The number of ether oxygens (including phenoxy) is 2. The number of carbonyl (C=O) groups is 1. The fraction of sp³-hybridized carbons (Fsp3) is 0.765. The molecule has 0 saturated carbocycles. The molecule has 1 aliphatic rings. The largest absolute Gasteiger partial charge is 0.444 e. The number of nitrogens with one attached hydrogen (secondary N) is 3. The van der Waals surface area contributed by atoms with Crippen molar-refractivity contribution in [2.45, 2.75) is 45.6 Å². The minimum absolute atomic E-state index is 0. The molecule has 1 amide bonds. The molecule has 1 rings (SSSR count). The number of aliphatic imine (C=N–C) groups is 1. The number of nitrogens with zero attached hydrogens (tertiary/aromatic N) is 1. The number of carbonyl (C=O) groups excluding carboxylic acids is 1. The molecule has 146 valence electrons. The summed E-state index contributed by atoms with van der Waals surface area (Å²) >= 11 is 0. The molecular formula is C17H33IN4O3. The summed E-state index contributed by atoms with van der Waals surface area (Å²) in [5, 5.41) is 9.26. The van der Waals surface area contributed by atoms with Crippen LogP contribution in [0.4, 0.5) is 4.79 Å². The zero-order valence-corrected chi connectivity index (χ0v) is 18.1. The standard InChI is InChI=1S/C17H32N4O3.HI/c1-17(2,3)24-16(22)21-10-5-9-19-15(18-4)20-11-6-14-7-12-23-13-8-14;/h7H,5-6,8-13H2,1-4H3,(H,21,22)(H2,18,19,20);1H. The normalized spacial score (nSPS) is 14.9. The smallest absolute Gasteiger partial charge is 0.407 e. The number of amides is 1. The Bertz CT molecular complexity index is 448. The van der Waals surface area contributed by atoms with Crippen LogP contribution in [-0.4, -0.2) is 57.5 Å². The zero-order chi connectivity index (χ0) is 17.8. The Balaban J connectivity index is 0.00000576. The molecule has 0 saturated heterocycles. The van der Waals surface area contributed by atoms with Crippen LogP contribution in [0.2, 0.25) is 0 Å². The molecule has 25 heavy (non-hydrogen) atoms. The van der Waals surface area contributed by atoms with E-state index in [0.717, 1.165) is 51.5 Å². The Hall–Kier alpha value is -1.03. The van der Waals surface area contributed by atoms with E-state index < -0.39 is 5.60 Å². The fourth-order valence-electron chi connectivity index (χ4n) is 2.15. The molecule has 0 bridgehead atoms. The Morgan fingerprint density at radius 1 is 1.24 bits per heavy atom. The van der Waals surface area contributed by atoms with Gasteiger partial charge in [0.2, 0.25) is 0 Å². The van der Waals surface area contributed by atoms with E-state index in [0.29, 0.717) is 6.54 Å². The minimum atomic E-state index is -0.464. The van der Waals surface area contributed by atoms with Crippen LogP contribution in [0.1, 0.15) is 40.0 Å². The van der Waals surface area contributed by atoms with Crippen LogP contribution in [-0.2, 0) is 9.47 Å². The van der Waals surface area contributed by atoms with Crippen LogP contribution in [0.5, 0.6) is 0 Å². The highest BCUT2D eigenvalue weighted by atomic mass is 127. The molecule has 0 atom stereocenters. The number of hydrogen-bond donors (Lipinski definition) is 3. The van der Waals surface area contributed by atoms with Gasteiger partial charge in [0.1, 0.15) is 5.60 Å². The molecule has 0 aliphatic carbocycles. The highest BCUT2D eigenvalue weighted by molar-refractivity contribution is 14.0. The van der Waals surface area contributed by atoms with Gasteiger partial charge in [-0.2, -0.15) is 0 Å². The van der Waals surface area contributed by atoms with Crippen LogP contribution >= 0.6 is 24.0 Å². The molecular weight excluding hydrogens is 435 g/mol. The van der Waals surface area contributed by atoms with Crippen LogP contribution in [0.3, 0.4) is 0 Å². The topological polar surface area (TPSA) is 84.0 Å². The Labute approximate surface area is 168 Å². The second-order valence-corrected chi connectivity index (χ2v) is 6.65. The van der Waals surface area contributed by atoms with Gasteiger partial charge >= 0.3 is 6.09 Å². The maximum Gasteiger partial charge on any atom is 0.407 e. The second kappa shape index (κ2) is 13.2. The molecule has 0 aromatic rings. The maximum atomic E-state index is 11.5. The zero-order valence-electron chi connectivity index (χ0n) is 15.8. The predicted molar refractivity (Wildman–Crippen MR) is 112 cm³/mol. The van der Waals surface area contributed by atoms with Gasteiger partial charge in [-0.3, -0.25) is 4.99 Å². The van der Waals surface area contributed by atoms with Crippen molar-refractivity contribution >= 4 is 36.0 Å². The third kappa shape index (κ3) is 12.9. The van der Waals surface area contributed by atoms with Gasteiger partial charge in [-0.1, -0.05) is 11.6 Å². The van der Waals surface area contributed by atoms with Crippen LogP contribution in [0.15, 0.2) is 16.6 Å². The van der Waals surface area contributed by atoms with E-state index in [1.807, 2.05) is 20.8 Å². The first-order valence-electron chi connectivity index (χ1n) is 8.58. The van der Waals surface area contributed by atoms with E-state index in [1.54, 1.807) is 7.05 Å². The average molecular weight is 468 g/mol. The van der Waals surface area contributed by atoms with Crippen LogP contribution < -0.4 is 16.0 Å². The van der Waals surface area contributed by atoms with E-state index >= 15 is 0 Å². The lowest BCUT2D eigenvalue weighted by atomic mass is 10.1. The van der Waals surface area contributed by atoms with Crippen molar-refractivity contribution in [2.24, 2.45) is 4.99 Å². The Morgan fingerprint density at radius 2 is 1.92 bits per heavy atom. The molecule has 3 N–H and O–H groups in total. The lowest BCUT2D eigenvalue weighted by Gasteiger charge is -2.19. The first kappa shape index (κ1) is 24.0. The van der Waals surface area contributed by atoms with Gasteiger partial charge in [0.05, 0.1) is 13.2 Å². The van der Waals surface area contributed by atoms with Gasteiger partial charge in [-0.15, -0.1) is 24.0 Å². The molecule has 8 heteroatoms. The number of halogens is 1. The lowest BCUT2D eigenvalue weighted by molar-refractivity contribution is 0.0527. The van der Waals surface area contributed by atoms with Gasteiger partial charge in [-0.25, -0.2) is 4.79 Å². The molecule has 0 unspecified atom stereocenters. The number of rotatable bonds is 7. The second-order valence-electron chi connectivity index (χ2n) is 6.65. The van der Waals surface area contributed by atoms with E-state index in [4.69, 9.17) is 9.47 Å².